The molecule has 0 aromatic heterocycles. The Bertz CT molecular complexity index is 227. The molecule has 0 radical (unpaired) electrons. The smallest absolute Gasteiger partial charge is 0.130 e. The van der Waals surface area contributed by atoms with Crippen molar-refractivity contribution in [1.29, 1.82) is 0 Å². The molecule has 0 aromatic rings. The first-order valence-corrected chi connectivity index (χ1v) is 5.18. The average molecular weight is 180 g/mol. The summed E-state index contributed by atoms with van der Waals surface area (Å²) in [5, 5.41) is 0. The van der Waals surface area contributed by atoms with Crippen molar-refractivity contribution < 1.29 is 4.79 Å². The predicted octanol–water partition coefficient (Wildman–Crippen LogP) is 3.20. The molecule has 0 aromatic carbocycles. The van der Waals surface area contributed by atoms with Gasteiger partial charge in [0, 0.05) is 6.42 Å². The van der Waals surface area contributed by atoms with Gasteiger partial charge < -0.3 is 4.79 Å². The Labute approximate surface area is 81.2 Å². The lowest BCUT2D eigenvalue weighted by Crippen LogP contribution is -2.20. The lowest BCUT2D eigenvalue weighted by Gasteiger charge is -2.30. The molecule has 3 unspecified atom stereocenters. The number of ketones is 1. The molecule has 74 valence electrons. The van der Waals surface area contributed by atoms with Gasteiger partial charge in [0.15, 0.2) is 0 Å². The summed E-state index contributed by atoms with van der Waals surface area (Å²) in [5.74, 6) is 2.25. The minimum Gasteiger partial charge on any atom is -0.300 e. The van der Waals surface area contributed by atoms with E-state index in [1.807, 2.05) is 0 Å². The molecule has 0 bridgehead atoms. The molecule has 0 N–H and O–H groups in total. The maximum absolute atomic E-state index is 11.0. The molecule has 0 saturated carbocycles. The minimum atomic E-state index is 0.319. The fraction of sp³-hybridized carbons (Fsp3) is 0.750. The summed E-state index contributed by atoms with van der Waals surface area (Å²) in [6.45, 7) is 8.39. The van der Waals surface area contributed by atoms with Crippen molar-refractivity contribution in [2.45, 2.75) is 40.5 Å². The van der Waals surface area contributed by atoms with Gasteiger partial charge >= 0.3 is 0 Å². The Morgan fingerprint density at radius 1 is 1.54 bits per heavy atom. The van der Waals surface area contributed by atoms with Crippen LogP contribution in [-0.2, 0) is 4.79 Å². The van der Waals surface area contributed by atoms with E-state index in [1.165, 1.54) is 12.0 Å². The van der Waals surface area contributed by atoms with Crippen LogP contribution in [0.2, 0.25) is 0 Å². The maximum atomic E-state index is 11.0. The van der Waals surface area contributed by atoms with Crippen LogP contribution in [0.25, 0.3) is 0 Å². The molecule has 1 aliphatic rings. The Kier molecular flexibility index (Phi) is 3.29. The molecule has 1 nitrogen and oxygen atoms in total. The summed E-state index contributed by atoms with van der Waals surface area (Å²) in [6, 6.07) is 0. The first kappa shape index (κ1) is 10.5. The first-order valence-electron chi connectivity index (χ1n) is 5.18. The largest absolute Gasteiger partial charge is 0.300 e. The van der Waals surface area contributed by atoms with Crippen molar-refractivity contribution >= 4 is 5.78 Å². The van der Waals surface area contributed by atoms with Crippen LogP contribution in [-0.4, -0.2) is 5.78 Å². The molecule has 0 saturated heterocycles. The highest BCUT2D eigenvalue weighted by atomic mass is 16.1. The van der Waals surface area contributed by atoms with Crippen LogP contribution in [0.15, 0.2) is 11.6 Å². The second-order valence-electron chi connectivity index (χ2n) is 4.59. The van der Waals surface area contributed by atoms with Gasteiger partial charge in [-0.05, 0) is 38.0 Å². The van der Waals surface area contributed by atoms with Crippen LogP contribution >= 0.6 is 0 Å². The van der Waals surface area contributed by atoms with Gasteiger partial charge in [-0.15, -0.1) is 0 Å². The third kappa shape index (κ3) is 2.68. The first-order chi connectivity index (χ1) is 6.00. The monoisotopic (exact) mass is 180 g/mol. The van der Waals surface area contributed by atoms with Crippen LogP contribution in [0, 0.1) is 17.8 Å². The van der Waals surface area contributed by atoms with E-state index < -0.39 is 0 Å². The molecule has 1 heteroatoms. The predicted molar refractivity (Wildman–Crippen MR) is 55.5 cm³/mol. The van der Waals surface area contributed by atoms with Crippen molar-refractivity contribution in [2.75, 3.05) is 0 Å². The fourth-order valence-electron chi connectivity index (χ4n) is 2.16. The highest BCUT2D eigenvalue weighted by molar-refractivity contribution is 5.76. The van der Waals surface area contributed by atoms with Crippen LogP contribution < -0.4 is 0 Å². The zero-order valence-corrected chi connectivity index (χ0v) is 9.13. The number of allylic oxidation sites excluding steroid dienone is 2. The van der Waals surface area contributed by atoms with E-state index in [9.17, 15) is 4.79 Å². The highest BCUT2D eigenvalue weighted by Gasteiger charge is 2.24. The van der Waals surface area contributed by atoms with E-state index in [0.717, 1.165) is 12.3 Å². The molecule has 1 rings (SSSR count). The number of carbonyl (C=O) groups is 1. The molecule has 0 amide bonds. The van der Waals surface area contributed by atoms with Crippen molar-refractivity contribution in [2.24, 2.45) is 17.8 Å². The van der Waals surface area contributed by atoms with Crippen molar-refractivity contribution in [3.05, 3.63) is 11.6 Å². The number of rotatable bonds is 2. The van der Waals surface area contributed by atoms with Gasteiger partial charge in [0.05, 0.1) is 0 Å². The van der Waals surface area contributed by atoms with Crippen LogP contribution in [0.1, 0.15) is 40.5 Å². The topological polar surface area (TPSA) is 17.1 Å². The number of hydrogen-bond donors (Lipinski definition) is 0. The Hall–Kier alpha value is -0.590. The van der Waals surface area contributed by atoms with E-state index in [0.29, 0.717) is 17.6 Å². The molecule has 3 atom stereocenters. The standard InChI is InChI=1S/C12H20O/c1-8-5-10(3)12(6-9(8)2)7-11(4)13/h5,8-9,12H,6-7H2,1-4H3. The van der Waals surface area contributed by atoms with Gasteiger partial charge in [0.25, 0.3) is 0 Å². The molecular weight excluding hydrogens is 160 g/mol. The zero-order chi connectivity index (χ0) is 10.0. The number of carbonyl (C=O) groups excluding carboxylic acids is 1. The fourth-order valence-corrected chi connectivity index (χ4v) is 2.16. The van der Waals surface area contributed by atoms with E-state index >= 15 is 0 Å². The lowest BCUT2D eigenvalue weighted by atomic mass is 9.75. The highest BCUT2D eigenvalue weighted by Crippen LogP contribution is 2.34. The van der Waals surface area contributed by atoms with Gasteiger partial charge in [-0.25, -0.2) is 0 Å². The molecule has 1 aliphatic carbocycles. The quantitative estimate of drug-likeness (QED) is 0.596. The SMILES string of the molecule is CC(=O)CC1CC(C)C(C)C=C1C. The second kappa shape index (κ2) is 4.08. The summed E-state index contributed by atoms with van der Waals surface area (Å²) in [5.41, 5.74) is 1.42. The van der Waals surface area contributed by atoms with E-state index in [1.54, 1.807) is 6.92 Å². The number of hydrogen-bond acceptors (Lipinski definition) is 1. The maximum Gasteiger partial charge on any atom is 0.130 e. The van der Waals surface area contributed by atoms with Gasteiger partial charge in [0.1, 0.15) is 5.78 Å². The molecule has 0 fully saturated rings. The summed E-state index contributed by atoms with van der Waals surface area (Å²) < 4.78 is 0. The van der Waals surface area contributed by atoms with Gasteiger partial charge in [-0.1, -0.05) is 25.5 Å². The second-order valence-corrected chi connectivity index (χ2v) is 4.59. The van der Waals surface area contributed by atoms with Crippen molar-refractivity contribution in [3.63, 3.8) is 0 Å². The van der Waals surface area contributed by atoms with Gasteiger partial charge in [-0.3, -0.25) is 0 Å². The number of Topliss-reactive ketones (excluding diaryl/α,β-unsaturated/α-hetero) is 1. The molecule has 0 spiro atoms. The zero-order valence-electron chi connectivity index (χ0n) is 9.13. The summed E-state index contributed by atoms with van der Waals surface area (Å²) >= 11 is 0. The Morgan fingerprint density at radius 2 is 2.15 bits per heavy atom. The van der Waals surface area contributed by atoms with Crippen LogP contribution in [0.4, 0.5) is 0 Å². The molecule has 0 heterocycles. The summed E-state index contributed by atoms with van der Waals surface area (Å²) in [7, 11) is 0. The summed E-state index contributed by atoms with van der Waals surface area (Å²) in [6.07, 6.45) is 4.25. The third-order valence-corrected chi connectivity index (χ3v) is 3.26. The van der Waals surface area contributed by atoms with E-state index in [2.05, 4.69) is 26.8 Å². The molecule has 0 aliphatic heterocycles. The summed E-state index contributed by atoms with van der Waals surface area (Å²) in [4.78, 5) is 11.0. The van der Waals surface area contributed by atoms with Crippen molar-refractivity contribution in [3.8, 4) is 0 Å². The van der Waals surface area contributed by atoms with Gasteiger partial charge in [0.2, 0.25) is 0 Å². The minimum absolute atomic E-state index is 0.319. The normalized spacial score (nSPS) is 34.2. The average Bonchev–Trinajstić information content (AvgIpc) is 1.99. The van der Waals surface area contributed by atoms with Crippen LogP contribution in [0.5, 0.6) is 0 Å². The van der Waals surface area contributed by atoms with Crippen molar-refractivity contribution in [1.82, 2.24) is 0 Å². The van der Waals surface area contributed by atoms with E-state index in [-0.39, 0.29) is 0 Å². The van der Waals surface area contributed by atoms with Crippen LogP contribution in [0.3, 0.4) is 0 Å². The van der Waals surface area contributed by atoms with Gasteiger partial charge in [-0.2, -0.15) is 0 Å². The third-order valence-electron chi connectivity index (χ3n) is 3.26. The molecular formula is C12H20O. The van der Waals surface area contributed by atoms with E-state index in [4.69, 9.17) is 0 Å². The lowest BCUT2D eigenvalue weighted by molar-refractivity contribution is -0.117. The Balaban J connectivity index is 2.67. The molecule has 13 heavy (non-hydrogen) atoms. The Morgan fingerprint density at radius 3 is 2.69 bits per heavy atom.